The summed E-state index contributed by atoms with van der Waals surface area (Å²) in [5, 5.41) is 14.2. The van der Waals surface area contributed by atoms with Gasteiger partial charge in [-0.25, -0.2) is 0 Å². The first-order chi connectivity index (χ1) is 8.11. The van der Waals surface area contributed by atoms with Crippen LogP contribution >= 0.6 is 0 Å². The Morgan fingerprint density at radius 1 is 1.00 bits per heavy atom. The summed E-state index contributed by atoms with van der Waals surface area (Å²) in [4.78, 5) is 0. The van der Waals surface area contributed by atoms with E-state index in [0.29, 0.717) is 6.04 Å². The molecule has 0 radical (unpaired) electrons. The molecule has 2 N–H and O–H groups in total. The van der Waals surface area contributed by atoms with E-state index in [0.717, 1.165) is 31.2 Å². The predicted molar refractivity (Wildman–Crippen MR) is 72.0 cm³/mol. The molecule has 2 unspecified atom stereocenters. The van der Waals surface area contributed by atoms with Crippen LogP contribution in [0.1, 0.15) is 65.2 Å². The quantitative estimate of drug-likeness (QED) is 0.793. The van der Waals surface area contributed by atoms with Crippen molar-refractivity contribution in [1.29, 1.82) is 0 Å². The molecule has 2 aliphatic rings. The average Bonchev–Trinajstić information content (AvgIpc) is 2.29. The standard InChI is InChI=1S/C15H29NO/c1-12-7-6-8-13(2)14(12)16-11-15(17)9-4-3-5-10-15/h12-14,16-17H,3-11H2,1-2H3. The van der Waals surface area contributed by atoms with E-state index in [1.54, 1.807) is 0 Å². The fraction of sp³-hybridized carbons (Fsp3) is 1.00. The highest BCUT2D eigenvalue weighted by Gasteiger charge is 2.33. The largest absolute Gasteiger partial charge is 0.389 e. The summed E-state index contributed by atoms with van der Waals surface area (Å²) in [6.45, 7) is 5.53. The second-order valence-electron chi connectivity index (χ2n) is 6.58. The lowest BCUT2D eigenvalue weighted by Crippen LogP contribution is -2.50. The van der Waals surface area contributed by atoms with Gasteiger partial charge in [-0.05, 0) is 37.5 Å². The average molecular weight is 239 g/mol. The van der Waals surface area contributed by atoms with Crippen LogP contribution in [-0.4, -0.2) is 23.3 Å². The molecule has 0 aliphatic heterocycles. The zero-order chi connectivity index (χ0) is 12.3. The summed E-state index contributed by atoms with van der Waals surface area (Å²) < 4.78 is 0. The van der Waals surface area contributed by atoms with Gasteiger partial charge >= 0.3 is 0 Å². The lowest BCUT2D eigenvalue weighted by molar-refractivity contribution is -0.00226. The van der Waals surface area contributed by atoms with Gasteiger partial charge in [-0.3, -0.25) is 0 Å². The van der Waals surface area contributed by atoms with E-state index in [1.807, 2.05) is 0 Å². The maximum Gasteiger partial charge on any atom is 0.0771 e. The van der Waals surface area contributed by atoms with Crippen LogP contribution in [0.3, 0.4) is 0 Å². The molecule has 100 valence electrons. The number of rotatable bonds is 3. The van der Waals surface area contributed by atoms with Crippen molar-refractivity contribution >= 4 is 0 Å². The molecule has 2 fully saturated rings. The molecule has 0 aromatic rings. The maximum atomic E-state index is 10.5. The van der Waals surface area contributed by atoms with Gasteiger partial charge in [0.1, 0.15) is 0 Å². The molecule has 0 aromatic carbocycles. The fourth-order valence-electron chi connectivity index (χ4n) is 3.78. The predicted octanol–water partition coefficient (Wildman–Crippen LogP) is 3.10. The molecule has 2 rings (SSSR count). The SMILES string of the molecule is CC1CCCC(C)C1NCC1(O)CCCCC1. The Balaban J connectivity index is 1.83. The third-order valence-corrected chi connectivity index (χ3v) is 5.00. The highest BCUT2D eigenvalue weighted by molar-refractivity contribution is 4.89. The highest BCUT2D eigenvalue weighted by atomic mass is 16.3. The van der Waals surface area contributed by atoms with E-state index in [1.165, 1.54) is 38.5 Å². The first-order valence-electron chi connectivity index (χ1n) is 7.56. The van der Waals surface area contributed by atoms with Crippen molar-refractivity contribution in [3.05, 3.63) is 0 Å². The van der Waals surface area contributed by atoms with Crippen LogP contribution in [-0.2, 0) is 0 Å². The molecule has 2 saturated carbocycles. The monoisotopic (exact) mass is 239 g/mol. The van der Waals surface area contributed by atoms with Crippen LogP contribution < -0.4 is 5.32 Å². The van der Waals surface area contributed by atoms with Crippen LogP contribution in [0.25, 0.3) is 0 Å². The van der Waals surface area contributed by atoms with Crippen LogP contribution in [0.4, 0.5) is 0 Å². The van der Waals surface area contributed by atoms with Gasteiger partial charge in [0.25, 0.3) is 0 Å². The van der Waals surface area contributed by atoms with Gasteiger partial charge in [0.15, 0.2) is 0 Å². The van der Waals surface area contributed by atoms with Crippen LogP contribution in [0, 0.1) is 11.8 Å². The van der Waals surface area contributed by atoms with Gasteiger partial charge in [0, 0.05) is 12.6 Å². The van der Waals surface area contributed by atoms with Gasteiger partial charge in [-0.1, -0.05) is 39.5 Å². The molecule has 0 bridgehead atoms. The Labute approximate surface area is 106 Å². The van der Waals surface area contributed by atoms with Gasteiger partial charge in [-0.15, -0.1) is 0 Å². The maximum absolute atomic E-state index is 10.5. The van der Waals surface area contributed by atoms with Crippen LogP contribution in [0.5, 0.6) is 0 Å². The molecule has 0 spiro atoms. The molecule has 17 heavy (non-hydrogen) atoms. The van der Waals surface area contributed by atoms with Gasteiger partial charge in [0.2, 0.25) is 0 Å². The second kappa shape index (κ2) is 5.71. The van der Waals surface area contributed by atoms with E-state index in [2.05, 4.69) is 19.2 Å². The lowest BCUT2D eigenvalue weighted by Gasteiger charge is -2.39. The Bertz CT molecular complexity index is 225. The number of nitrogens with one attached hydrogen (secondary N) is 1. The van der Waals surface area contributed by atoms with Gasteiger partial charge in [-0.2, -0.15) is 0 Å². The van der Waals surface area contributed by atoms with Crippen molar-refractivity contribution in [2.45, 2.75) is 76.9 Å². The van der Waals surface area contributed by atoms with Crippen molar-refractivity contribution in [1.82, 2.24) is 5.32 Å². The summed E-state index contributed by atoms with van der Waals surface area (Å²) in [5.41, 5.74) is -0.408. The third kappa shape index (κ3) is 3.45. The van der Waals surface area contributed by atoms with Crippen molar-refractivity contribution in [2.24, 2.45) is 11.8 Å². The first-order valence-corrected chi connectivity index (χ1v) is 7.56. The molecule has 0 aromatic heterocycles. The Morgan fingerprint density at radius 3 is 2.18 bits per heavy atom. The van der Waals surface area contributed by atoms with Crippen molar-refractivity contribution in [2.75, 3.05) is 6.54 Å². The normalized spacial score (nSPS) is 37.9. The molecule has 2 nitrogen and oxygen atoms in total. The zero-order valence-electron chi connectivity index (χ0n) is 11.5. The smallest absolute Gasteiger partial charge is 0.0771 e. The van der Waals surface area contributed by atoms with Crippen LogP contribution in [0.15, 0.2) is 0 Å². The van der Waals surface area contributed by atoms with E-state index >= 15 is 0 Å². The van der Waals surface area contributed by atoms with Crippen LogP contribution in [0.2, 0.25) is 0 Å². The minimum atomic E-state index is -0.408. The van der Waals surface area contributed by atoms with E-state index in [9.17, 15) is 5.11 Å². The molecule has 2 aliphatic carbocycles. The third-order valence-electron chi connectivity index (χ3n) is 5.00. The van der Waals surface area contributed by atoms with Crippen molar-refractivity contribution in [3.8, 4) is 0 Å². The van der Waals surface area contributed by atoms with Crippen molar-refractivity contribution < 1.29 is 5.11 Å². The summed E-state index contributed by atoms with van der Waals surface area (Å²) in [7, 11) is 0. The van der Waals surface area contributed by atoms with E-state index < -0.39 is 5.60 Å². The molecule has 0 heterocycles. The fourth-order valence-corrected chi connectivity index (χ4v) is 3.78. The number of hydrogen-bond donors (Lipinski definition) is 2. The Kier molecular flexibility index (Phi) is 4.48. The van der Waals surface area contributed by atoms with Gasteiger partial charge < -0.3 is 10.4 Å². The molecular weight excluding hydrogens is 210 g/mol. The highest BCUT2D eigenvalue weighted by Crippen LogP contribution is 2.31. The number of hydrogen-bond acceptors (Lipinski definition) is 2. The molecule has 0 amide bonds. The number of aliphatic hydroxyl groups is 1. The summed E-state index contributed by atoms with van der Waals surface area (Å²) in [5.74, 6) is 1.54. The molecular formula is C15H29NO. The molecule has 2 atom stereocenters. The Hall–Kier alpha value is -0.0800. The summed E-state index contributed by atoms with van der Waals surface area (Å²) >= 11 is 0. The Morgan fingerprint density at radius 2 is 1.59 bits per heavy atom. The zero-order valence-corrected chi connectivity index (χ0v) is 11.5. The first kappa shape index (κ1) is 13.4. The molecule has 0 saturated heterocycles. The summed E-state index contributed by atoms with van der Waals surface area (Å²) in [6, 6.07) is 0.620. The second-order valence-corrected chi connectivity index (χ2v) is 6.58. The van der Waals surface area contributed by atoms with Gasteiger partial charge in [0.05, 0.1) is 5.60 Å². The minimum absolute atomic E-state index is 0.408. The van der Waals surface area contributed by atoms with E-state index in [-0.39, 0.29) is 0 Å². The van der Waals surface area contributed by atoms with E-state index in [4.69, 9.17) is 0 Å². The van der Waals surface area contributed by atoms with Crippen molar-refractivity contribution in [3.63, 3.8) is 0 Å². The topological polar surface area (TPSA) is 32.3 Å². The molecule has 2 heteroatoms. The lowest BCUT2D eigenvalue weighted by atomic mass is 9.78. The summed E-state index contributed by atoms with van der Waals surface area (Å²) in [6.07, 6.45) is 9.77. The minimum Gasteiger partial charge on any atom is -0.389 e.